The molecule has 1 aromatic heterocycles. The lowest BCUT2D eigenvalue weighted by Crippen LogP contribution is -2.20. The van der Waals surface area contributed by atoms with Gasteiger partial charge in [0.2, 0.25) is 5.95 Å². The molecule has 0 fully saturated rings. The number of thioether (sulfide) groups is 1. The molecular weight excluding hydrogens is 420 g/mol. The number of ether oxygens (including phenoxy) is 1. The summed E-state index contributed by atoms with van der Waals surface area (Å²) in [5.41, 5.74) is 2.04. The number of anilines is 4. The molecule has 1 aliphatic heterocycles. The van der Waals surface area contributed by atoms with Crippen LogP contribution in [0.4, 0.5) is 23.3 Å². The predicted molar refractivity (Wildman–Crippen MR) is 133 cm³/mol. The molecule has 0 spiro atoms. The first-order valence-corrected chi connectivity index (χ1v) is 11.7. The van der Waals surface area contributed by atoms with Crippen molar-refractivity contribution >= 4 is 35.0 Å². The van der Waals surface area contributed by atoms with E-state index in [-0.39, 0.29) is 0 Å². The van der Waals surface area contributed by atoms with Gasteiger partial charge in [0.15, 0.2) is 0 Å². The fraction of sp³-hybridized carbons (Fsp3) is 0.375. The van der Waals surface area contributed by atoms with E-state index in [0.717, 1.165) is 53.9 Å². The Morgan fingerprint density at radius 3 is 2.75 bits per heavy atom. The number of hydrogen-bond donors (Lipinski definition) is 1. The first-order chi connectivity index (χ1) is 15.6. The Kier molecular flexibility index (Phi) is 8.96. The van der Waals surface area contributed by atoms with E-state index in [1.54, 1.807) is 6.08 Å². The summed E-state index contributed by atoms with van der Waals surface area (Å²) in [5.74, 6) is 2.04. The third kappa shape index (κ3) is 6.25. The van der Waals surface area contributed by atoms with Crippen molar-refractivity contribution in [3.63, 3.8) is 0 Å². The van der Waals surface area contributed by atoms with E-state index in [4.69, 9.17) is 14.7 Å². The highest BCUT2D eigenvalue weighted by atomic mass is 32.2. The van der Waals surface area contributed by atoms with Crippen molar-refractivity contribution in [2.45, 2.75) is 33.1 Å². The number of benzene rings is 1. The molecule has 1 aromatic carbocycles. The van der Waals surface area contributed by atoms with Crippen molar-refractivity contribution in [3.05, 3.63) is 58.6 Å². The van der Waals surface area contributed by atoms with Crippen molar-refractivity contribution in [3.8, 4) is 6.07 Å². The van der Waals surface area contributed by atoms with Crippen LogP contribution < -0.4 is 15.1 Å². The smallest absolute Gasteiger partial charge is 0.226 e. The average Bonchev–Trinajstić information content (AvgIpc) is 3.18. The lowest BCUT2D eigenvalue weighted by Gasteiger charge is -2.24. The van der Waals surface area contributed by atoms with E-state index >= 15 is 0 Å². The molecular formula is C24H30N6OS. The zero-order valence-corrected chi connectivity index (χ0v) is 19.7. The molecule has 0 aliphatic carbocycles. The van der Waals surface area contributed by atoms with Gasteiger partial charge in [-0.25, -0.2) is 0 Å². The molecule has 2 aromatic rings. The number of hydrogen-bond acceptors (Lipinski definition) is 8. The Labute approximate surface area is 194 Å². The first kappa shape index (κ1) is 23.6. The van der Waals surface area contributed by atoms with E-state index < -0.39 is 0 Å². The Morgan fingerprint density at radius 2 is 2.00 bits per heavy atom. The van der Waals surface area contributed by atoms with Crippen LogP contribution in [0.5, 0.6) is 0 Å². The lowest BCUT2D eigenvalue weighted by atomic mass is 10.3. The number of nitriles is 1. The van der Waals surface area contributed by atoms with Gasteiger partial charge < -0.3 is 15.0 Å². The molecule has 168 valence electrons. The maximum absolute atomic E-state index is 9.19. The van der Waals surface area contributed by atoms with Crippen molar-refractivity contribution in [2.75, 3.05) is 41.9 Å². The molecule has 0 saturated carbocycles. The van der Waals surface area contributed by atoms with Gasteiger partial charge in [-0.05, 0) is 37.3 Å². The van der Waals surface area contributed by atoms with Crippen molar-refractivity contribution in [2.24, 2.45) is 0 Å². The Morgan fingerprint density at radius 1 is 1.22 bits per heavy atom. The summed E-state index contributed by atoms with van der Waals surface area (Å²) in [6.07, 6.45) is 4.65. The first-order valence-electron chi connectivity index (χ1n) is 10.9. The Balaban J connectivity index is 1.83. The molecule has 2 heterocycles. The van der Waals surface area contributed by atoms with Gasteiger partial charge >= 0.3 is 0 Å². The molecule has 3 rings (SSSR count). The number of nitrogens with zero attached hydrogens (tertiary/aromatic N) is 5. The summed E-state index contributed by atoms with van der Waals surface area (Å²) in [7, 11) is 1.99. The maximum Gasteiger partial charge on any atom is 0.226 e. The lowest BCUT2D eigenvalue weighted by molar-refractivity contribution is 0.131. The Hall–Kier alpha value is -3.02. The van der Waals surface area contributed by atoms with Gasteiger partial charge in [-0.1, -0.05) is 43.3 Å². The minimum Gasteiger partial charge on any atom is -0.381 e. The fourth-order valence-electron chi connectivity index (χ4n) is 3.17. The number of aromatic nitrogens is 2. The summed E-state index contributed by atoms with van der Waals surface area (Å²) in [6, 6.07) is 14.2. The second-order valence-corrected chi connectivity index (χ2v) is 8.26. The fourth-order valence-corrected chi connectivity index (χ4v) is 4.03. The van der Waals surface area contributed by atoms with Gasteiger partial charge in [-0.2, -0.15) is 15.2 Å². The minimum atomic E-state index is 0.551. The van der Waals surface area contributed by atoms with Crippen molar-refractivity contribution in [1.82, 2.24) is 9.97 Å². The number of nitrogens with one attached hydrogen (secondary N) is 1. The number of rotatable bonds is 11. The van der Waals surface area contributed by atoms with E-state index in [0.29, 0.717) is 19.1 Å². The molecule has 7 nitrogen and oxygen atoms in total. The van der Waals surface area contributed by atoms with Crippen LogP contribution in [0.1, 0.15) is 33.1 Å². The van der Waals surface area contributed by atoms with Crippen LogP contribution in [-0.4, -0.2) is 36.8 Å². The van der Waals surface area contributed by atoms with Crippen LogP contribution in [0, 0.1) is 11.3 Å². The van der Waals surface area contributed by atoms with Gasteiger partial charge in [-0.3, -0.25) is 4.90 Å². The third-order valence-corrected chi connectivity index (χ3v) is 5.92. The zero-order valence-electron chi connectivity index (χ0n) is 18.9. The molecule has 0 bridgehead atoms. The number of allylic oxidation sites excluding steroid dienone is 2. The molecule has 0 unspecified atom stereocenters. The van der Waals surface area contributed by atoms with Gasteiger partial charge in [0.1, 0.15) is 11.6 Å². The molecule has 32 heavy (non-hydrogen) atoms. The van der Waals surface area contributed by atoms with Gasteiger partial charge in [0, 0.05) is 50.3 Å². The molecule has 0 amide bonds. The van der Waals surface area contributed by atoms with Crippen LogP contribution in [0.3, 0.4) is 0 Å². The van der Waals surface area contributed by atoms with Crippen LogP contribution in [0.25, 0.3) is 0 Å². The van der Waals surface area contributed by atoms with Gasteiger partial charge in [0.25, 0.3) is 0 Å². The van der Waals surface area contributed by atoms with E-state index in [9.17, 15) is 5.26 Å². The molecule has 0 atom stereocenters. The normalized spacial score (nSPS) is 14.4. The second-order valence-electron chi connectivity index (χ2n) is 7.37. The van der Waals surface area contributed by atoms with Crippen LogP contribution in [-0.2, 0) is 4.74 Å². The highest BCUT2D eigenvalue weighted by Gasteiger charge is 2.23. The minimum absolute atomic E-state index is 0.551. The van der Waals surface area contributed by atoms with E-state index in [1.807, 2.05) is 65.6 Å². The molecule has 0 saturated heterocycles. The summed E-state index contributed by atoms with van der Waals surface area (Å²) >= 11 is 1.52. The maximum atomic E-state index is 9.19. The highest BCUT2D eigenvalue weighted by molar-refractivity contribution is 8.06. The van der Waals surface area contributed by atoms with Crippen LogP contribution in [0.2, 0.25) is 0 Å². The molecule has 1 N–H and O–H groups in total. The summed E-state index contributed by atoms with van der Waals surface area (Å²) in [5, 5.41) is 15.4. The number of unbranched alkanes of at least 4 members (excludes halogenated alkanes) is 1. The Bertz CT molecular complexity index is 986. The monoisotopic (exact) mass is 450 g/mol. The standard InChI is InChI=1S/C24H30N6OS/c1-4-5-15-31-16-9-14-26-24-27-21(29(3)20-10-7-6-8-11-20)17-22(28-24)30-19(2)18-32-23(30)12-13-25/h6-8,10-12,17-18H,4-5,9,14-16H2,1-3H3,(H,26,27,28). The SMILES string of the molecule is CCCCOCCCNc1nc(N2C(C)=CSC2=CC#N)cc(N(C)c2ccccc2)n1. The molecule has 8 heteroatoms. The highest BCUT2D eigenvalue weighted by Crippen LogP contribution is 2.39. The largest absolute Gasteiger partial charge is 0.381 e. The van der Waals surface area contributed by atoms with E-state index in [2.05, 4.69) is 18.3 Å². The molecule has 0 radical (unpaired) electrons. The summed E-state index contributed by atoms with van der Waals surface area (Å²) in [4.78, 5) is 13.5. The summed E-state index contributed by atoms with van der Waals surface area (Å²) in [6.45, 7) is 6.40. The van der Waals surface area contributed by atoms with Gasteiger partial charge in [0.05, 0.1) is 11.1 Å². The van der Waals surface area contributed by atoms with E-state index in [1.165, 1.54) is 11.8 Å². The zero-order chi connectivity index (χ0) is 22.8. The van der Waals surface area contributed by atoms with Crippen molar-refractivity contribution < 1.29 is 4.74 Å². The average molecular weight is 451 g/mol. The quantitative estimate of drug-likeness (QED) is 0.348. The topological polar surface area (TPSA) is 77.3 Å². The second kappa shape index (κ2) is 12.1. The third-order valence-electron chi connectivity index (χ3n) is 4.92. The van der Waals surface area contributed by atoms with Crippen LogP contribution in [0.15, 0.2) is 58.6 Å². The predicted octanol–water partition coefficient (Wildman–Crippen LogP) is 5.64. The number of para-hydroxylation sites is 1. The summed E-state index contributed by atoms with van der Waals surface area (Å²) < 4.78 is 5.65. The molecule has 1 aliphatic rings. The van der Waals surface area contributed by atoms with Crippen LogP contribution >= 0.6 is 11.8 Å². The van der Waals surface area contributed by atoms with Gasteiger partial charge in [-0.15, -0.1) is 0 Å². The van der Waals surface area contributed by atoms with Crippen molar-refractivity contribution in [1.29, 1.82) is 5.26 Å².